The SMILES string of the molecule is Cc1ccc(N2CC(C)NCCC2(C)C)cc1C. The Hall–Kier alpha value is -1.02. The number of benzene rings is 1. The van der Waals surface area contributed by atoms with E-state index in [1.807, 2.05) is 0 Å². The number of nitrogens with one attached hydrogen (secondary N) is 1. The Bertz CT molecular complexity index is 423. The molecule has 0 aliphatic carbocycles. The molecule has 1 heterocycles. The van der Waals surface area contributed by atoms with Crippen LogP contribution in [0.5, 0.6) is 0 Å². The lowest BCUT2D eigenvalue weighted by atomic mass is 9.96. The molecule has 1 aromatic rings. The summed E-state index contributed by atoms with van der Waals surface area (Å²) in [6, 6.07) is 7.38. The van der Waals surface area contributed by atoms with Gasteiger partial charge in [-0.25, -0.2) is 0 Å². The van der Waals surface area contributed by atoms with Gasteiger partial charge in [0, 0.05) is 23.8 Å². The maximum Gasteiger partial charge on any atom is 0.0374 e. The van der Waals surface area contributed by atoms with Gasteiger partial charge in [-0.15, -0.1) is 0 Å². The van der Waals surface area contributed by atoms with Crippen molar-refractivity contribution >= 4 is 5.69 Å². The van der Waals surface area contributed by atoms with Crippen molar-refractivity contribution in [3.8, 4) is 0 Å². The highest BCUT2D eigenvalue weighted by molar-refractivity contribution is 5.53. The lowest BCUT2D eigenvalue weighted by molar-refractivity contribution is 0.453. The Morgan fingerprint density at radius 2 is 1.94 bits per heavy atom. The molecule has 2 rings (SSSR count). The van der Waals surface area contributed by atoms with E-state index in [4.69, 9.17) is 0 Å². The van der Waals surface area contributed by atoms with Gasteiger partial charge in [-0.05, 0) is 70.8 Å². The Labute approximate surface area is 111 Å². The maximum absolute atomic E-state index is 3.58. The molecule has 1 unspecified atom stereocenters. The molecule has 0 radical (unpaired) electrons. The monoisotopic (exact) mass is 246 g/mol. The fourth-order valence-electron chi connectivity index (χ4n) is 2.69. The van der Waals surface area contributed by atoms with Crippen molar-refractivity contribution < 1.29 is 0 Å². The summed E-state index contributed by atoms with van der Waals surface area (Å²) in [6.07, 6.45) is 1.18. The van der Waals surface area contributed by atoms with E-state index in [0.29, 0.717) is 6.04 Å². The zero-order chi connectivity index (χ0) is 13.3. The van der Waals surface area contributed by atoms with E-state index in [2.05, 4.69) is 63.0 Å². The summed E-state index contributed by atoms with van der Waals surface area (Å²) >= 11 is 0. The van der Waals surface area contributed by atoms with E-state index >= 15 is 0 Å². The zero-order valence-corrected chi connectivity index (χ0v) is 12.4. The highest BCUT2D eigenvalue weighted by atomic mass is 15.2. The number of hydrogen-bond donors (Lipinski definition) is 1. The van der Waals surface area contributed by atoms with Crippen LogP contribution in [0.3, 0.4) is 0 Å². The summed E-state index contributed by atoms with van der Waals surface area (Å²) in [5, 5.41) is 3.58. The molecule has 0 bridgehead atoms. The van der Waals surface area contributed by atoms with Gasteiger partial charge in [0.1, 0.15) is 0 Å². The first-order valence-electron chi connectivity index (χ1n) is 6.98. The van der Waals surface area contributed by atoms with Crippen LogP contribution < -0.4 is 10.2 Å². The van der Waals surface area contributed by atoms with Crippen LogP contribution in [-0.2, 0) is 0 Å². The molecule has 2 heteroatoms. The molecule has 1 atom stereocenters. The van der Waals surface area contributed by atoms with Gasteiger partial charge in [0.05, 0.1) is 0 Å². The van der Waals surface area contributed by atoms with Crippen LogP contribution in [0.4, 0.5) is 5.69 Å². The topological polar surface area (TPSA) is 15.3 Å². The van der Waals surface area contributed by atoms with Crippen molar-refractivity contribution in [3.63, 3.8) is 0 Å². The van der Waals surface area contributed by atoms with E-state index < -0.39 is 0 Å². The van der Waals surface area contributed by atoms with Gasteiger partial charge in [0.15, 0.2) is 0 Å². The standard InChI is InChI=1S/C16H26N2/c1-12-6-7-15(10-13(12)2)18-11-14(3)17-9-8-16(18,4)5/h6-7,10,14,17H,8-9,11H2,1-5H3. The molecular formula is C16H26N2. The van der Waals surface area contributed by atoms with E-state index in [-0.39, 0.29) is 5.54 Å². The third-order valence-electron chi connectivity index (χ3n) is 4.22. The first-order chi connectivity index (χ1) is 8.40. The summed E-state index contributed by atoms with van der Waals surface area (Å²) in [4.78, 5) is 2.56. The average molecular weight is 246 g/mol. The Kier molecular flexibility index (Phi) is 3.67. The average Bonchev–Trinajstić information content (AvgIpc) is 2.41. The molecule has 18 heavy (non-hydrogen) atoms. The van der Waals surface area contributed by atoms with Gasteiger partial charge < -0.3 is 10.2 Å². The number of nitrogens with zero attached hydrogens (tertiary/aromatic N) is 1. The molecule has 0 amide bonds. The summed E-state index contributed by atoms with van der Waals surface area (Å²) in [5.74, 6) is 0. The molecule has 0 spiro atoms. The molecule has 1 fully saturated rings. The van der Waals surface area contributed by atoms with Gasteiger partial charge in [-0.2, -0.15) is 0 Å². The van der Waals surface area contributed by atoms with Gasteiger partial charge in [-0.1, -0.05) is 6.07 Å². The largest absolute Gasteiger partial charge is 0.365 e. The van der Waals surface area contributed by atoms with Crippen LogP contribution in [0.25, 0.3) is 0 Å². The second kappa shape index (κ2) is 4.93. The molecule has 1 aromatic carbocycles. The van der Waals surface area contributed by atoms with Gasteiger partial charge in [0.25, 0.3) is 0 Å². The number of hydrogen-bond acceptors (Lipinski definition) is 2. The predicted molar refractivity (Wildman–Crippen MR) is 79.4 cm³/mol. The summed E-state index contributed by atoms with van der Waals surface area (Å²) in [5.41, 5.74) is 4.34. The lowest BCUT2D eigenvalue weighted by Gasteiger charge is -2.40. The van der Waals surface area contributed by atoms with Crippen LogP contribution in [0.2, 0.25) is 0 Å². The van der Waals surface area contributed by atoms with E-state index in [1.54, 1.807) is 0 Å². The highest BCUT2D eigenvalue weighted by Crippen LogP contribution is 2.29. The number of aryl methyl sites for hydroxylation is 2. The van der Waals surface area contributed by atoms with Crippen LogP contribution >= 0.6 is 0 Å². The van der Waals surface area contributed by atoms with Gasteiger partial charge in [0.2, 0.25) is 0 Å². The fourth-order valence-corrected chi connectivity index (χ4v) is 2.69. The third kappa shape index (κ3) is 2.69. The molecule has 2 nitrogen and oxygen atoms in total. The number of rotatable bonds is 1. The molecule has 1 aliphatic rings. The maximum atomic E-state index is 3.58. The molecule has 0 saturated carbocycles. The second-order valence-corrected chi connectivity index (χ2v) is 6.30. The molecule has 1 saturated heterocycles. The summed E-state index contributed by atoms with van der Waals surface area (Å²) < 4.78 is 0. The van der Waals surface area contributed by atoms with Crippen LogP contribution in [0, 0.1) is 13.8 Å². The van der Waals surface area contributed by atoms with Crippen molar-refractivity contribution in [1.29, 1.82) is 0 Å². The van der Waals surface area contributed by atoms with Crippen LogP contribution in [0.15, 0.2) is 18.2 Å². The second-order valence-electron chi connectivity index (χ2n) is 6.30. The lowest BCUT2D eigenvalue weighted by Crippen LogP contribution is -2.46. The number of anilines is 1. The van der Waals surface area contributed by atoms with E-state index in [0.717, 1.165) is 13.1 Å². The van der Waals surface area contributed by atoms with Crippen molar-refractivity contribution in [2.24, 2.45) is 0 Å². The minimum Gasteiger partial charge on any atom is -0.365 e. The van der Waals surface area contributed by atoms with Crippen molar-refractivity contribution in [2.45, 2.75) is 52.6 Å². The van der Waals surface area contributed by atoms with Gasteiger partial charge in [-0.3, -0.25) is 0 Å². The summed E-state index contributed by atoms with van der Waals surface area (Å²) in [7, 11) is 0. The van der Waals surface area contributed by atoms with E-state index in [1.165, 1.54) is 23.2 Å². The molecule has 0 aromatic heterocycles. The van der Waals surface area contributed by atoms with E-state index in [9.17, 15) is 0 Å². The molecule has 100 valence electrons. The first-order valence-corrected chi connectivity index (χ1v) is 6.98. The van der Waals surface area contributed by atoms with Gasteiger partial charge >= 0.3 is 0 Å². The first kappa shape index (κ1) is 13.4. The normalized spacial score (nSPS) is 23.8. The highest BCUT2D eigenvalue weighted by Gasteiger charge is 2.30. The predicted octanol–water partition coefficient (Wildman–Crippen LogP) is 3.27. The minimum atomic E-state index is 0.222. The molecule has 1 aliphatic heterocycles. The minimum absolute atomic E-state index is 0.222. The van der Waals surface area contributed by atoms with Crippen molar-refractivity contribution in [2.75, 3.05) is 18.0 Å². The van der Waals surface area contributed by atoms with Crippen LogP contribution in [-0.4, -0.2) is 24.7 Å². The summed E-state index contributed by atoms with van der Waals surface area (Å²) in [6.45, 7) is 13.5. The Balaban J connectivity index is 2.35. The zero-order valence-electron chi connectivity index (χ0n) is 12.4. The smallest absolute Gasteiger partial charge is 0.0374 e. The molecule has 1 N–H and O–H groups in total. The molecular weight excluding hydrogens is 220 g/mol. The van der Waals surface area contributed by atoms with Crippen molar-refractivity contribution in [3.05, 3.63) is 29.3 Å². The third-order valence-corrected chi connectivity index (χ3v) is 4.22. The van der Waals surface area contributed by atoms with Crippen LogP contribution in [0.1, 0.15) is 38.3 Å². The fraction of sp³-hybridized carbons (Fsp3) is 0.625. The Morgan fingerprint density at radius 1 is 1.22 bits per heavy atom. The van der Waals surface area contributed by atoms with Crippen molar-refractivity contribution in [1.82, 2.24) is 5.32 Å². The quantitative estimate of drug-likeness (QED) is 0.818. The Morgan fingerprint density at radius 3 is 2.61 bits per heavy atom.